The van der Waals surface area contributed by atoms with Crippen LogP contribution in [-0.4, -0.2) is 18.0 Å². The highest BCUT2D eigenvalue weighted by atomic mass is 19.3. The fourth-order valence-corrected chi connectivity index (χ4v) is 0.829. The highest BCUT2D eigenvalue weighted by Gasteiger charge is 2.39. The van der Waals surface area contributed by atoms with Crippen LogP contribution in [0.1, 0.15) is 5.56 Å². The van der Waals surface area contributed by atoms with Crippen molar-refractivity contribution >= 4 is 5.91 Å². The predicted octanol–water partition coefficient (Wildman–Crippen LogP) is 0.667. The molecule has 1 aromatic heterocycles. The van der Waals surface area contributed by atoms with Crippen LogP contribution < -0.4 is 10.5 Å². The molecule has 0 fully saturated rings. The molecule has 4 nitrogen and oxygen atoms in total. The molecule has 0 saturated heterocycles. The quantitative estimate of drug-likeness (QED) is 0.783. The summed E-state index contributed by atoms with van der Waals surface area (Å²) >= 11 is 0. The molecule has 0 aliphatic rings. The molecule has 1 aromatic rings. The van der Waals surface area contributed by atoms with Crippen molar-refractivity contribution in [2.45, 2.75) is 5.92 Å². The maximum Gasteiger partial charge on any atom is 0.351 e. The molecule has 1 amide bonds. The Kier molecular flexibility index (Phi) is 2.64. The van der Waals surface area contributed by atoms with Gasteiger partial charge in [-0.1, -0.05) is 0 Å². The largest absolute Gasteiger partial charge is 0.481 e. The third kappa shape index (κ3) is 1.78. The van der Waals surface area contributed by atoms with E-state index in [9.17, 15) is 13.6 Å². The molecule has 0 bridgehead atoms. The lowest BCUT2D eigenvalue weighted by atomic mass is 10.1. The van der Waals surface area contributed by atoms with E-state index in [0.717, 1.165) is 12.3 Å². The van der Waals surface area contributed by atoms with Gasteiger partial charge in [-0.25, -0.2) is 4.98 Å². The third-order valence-corrected chi connectivity index (χ3v) is 1.62. The summed E-state index contributed by atoms with van der Waals surface area (Å²) in [6.45, 7) is 0. The first kappa shape index (κ1) is 10.4. The highest BCUT2D eigenvalue weighted by Crippen LogP contribution is 2.27. The van der Waals surface area contributed by atoms with Crippen molar-refractivity contribution in [2.24, 2.45) is 5.73 Å². The predicted molar refractivity (Wildman–Crippen MR) is 43.9 cm³/mol. The number of hydrogen-bond donors (Lipinski definition) is 1. The van der Waals surface area contributed by atoms with Crippen molar-refractivity contribution in [3.8, 4) is 5.88 Å². The van der Waals surface area contributed by atoms with Gasteiger partial charge in [-0.05, 0) is 6.07 Å². The van der Waals surface area contributed by atoms with Gasteiger partial charge in [0.25, 0.3) is 5.91 Å². The van der Waals surface area contributed by atoms with Gasteiger partial charge < -0.3 is 10.5 Å². The van der Waals surface area contributed by atoms with Crippen LogP contribution in [0.2, 0.25) is 0 Å². The second-order valence-electron chi connectivity index (χ2n) is 2.53. The van der Waals surface area contributed by atoms with Crippen molar-refractivity contribution in [3.63, 3.8) is 0 Å². The van der Waals surface area contributed by atoms with Crippen molar-refractivity contribution in [1.82, 2.24) is 4.98 Å². The number of nitrogens with zero attached hydrogens (tertiary/aromatic N) is 1. The van der Waals surface area contributed by atoms with Crippen LogP contribution in [-0.2, 0) is 10.7 Å². The van der Waals surface area contributed by atoms with Gasteiger partial charge in [0, 0.05) is 17.8 Å². The average molecular weight is 202 g/mol. The smallest absolute Gasteiger partial charge is 0.351 e. The van der Waals surface area contributed by atoms with Crippen molar-refractivity contribution in [2.75, 3.05) is 7.11 Å². The molecule has 76 valence electrons. The standard InChI is InChI=1S/C8H8F2N2O2/c1-14-6-3-2-5(4-12-6)8(9,10)7(11)13/h2-4H,1H3,(H2,11,13). The molecule has 0 saturated carbocycles. The molecule has 0 aliphatic heterocycles. The van der Waals surface area contributed by atoms with E-state index in [1.807, 2.05) is 0 Å². The second-order valence-corrected chi connectivity index (χ2v) is 2.53. The molecule has 1 rings (SSSR count). The van der Waals surface area contributed by atoms with Gasteiger partial charge in [0.2, 0.25) is 5.88 Å². The Bertz CT molecular complexity index is 338. The first-order chi connectivity index (χ1) is 6.48. The maximum absolute atomic E-state index is 13.0. The zero-order valence-corrected chi connectivity index (χ0v) is 7.33. The molecule has 0 aromatic carbocycles. The first-order valence-electron chi connectivity index (χ1n) is 3.66. The molecule has 0 atom stereocenters. The number of carbonyl (C=O) groups is 1. The fourth-order valence-electron chi connectivity index (χ4n) is 0.829. The molecule has 2 N–H and O–H groups in total. The average Bonchev–Trinajstić information content (AvgIpc) is 2.17. The van der Waals surface area contributed by atoms with E-state index in [2.05, 4.69) is 15.5 Å². The van der Waals surface area contributed by atoms with E-state index < -0.39 is 17.4 Å². The van der Waals surface area contributed by atoms with Crippen molar-refractivity contribution < 1.29 is 18.3 Å². The minimum atomic E-state index is -3.70. The number of alkyl halides is 2. The number of amides is 1. The Morgan fingerprint density at radius 3 is 2.57 bits per heavy atom. The Morgan fingerprint density at radius 2 is 2.21 bits per heavy atom. The van der Waals surface area contributed by atoms with Gasteiger partial charge in [0.05, 0.1) is 7.11 Å². The Morgan fingerprint density at radius 1 is 1.57 bits per heavy atom. The first-order valence-corrected chi connectivity index (χ1v) is 3.66. The maximum atomic E-state index is 13.0. The van der Waals surface area contributed by atoms with Crippen LogP contribution in [0, 0.1) is 0 Å². The van der Waals surface area contributed by atoms with Gasteiger partial charge in [-0.3, -0.25) is 4.79 Å². The number of methoxy groups -OCH3 is 1. The van der Waals surface area contributed by atoms with Gasteiger partial charge in [-0.15, -0.1) is 0 Å². The molecule has 6 heteroatoms. The summed E-state index contributed by atoms with van der Waals surface area (Å²) in [7, 11) is 1.36. The van der Waals surface area contributed by atoms with Crippen LogP contribution in [0.25, 0.3) is 0 Å². The van der Waals surface area contributed by atoms with E-state index >= 15 is 0 Å². The zero-order valence-electron chi connectivity index (χ0n) is 7.33. The van der Waals surface area contributed by atoms with E-state index in [4.69, 9.17) is 0 Å². The number of pyridine rings is 1. The number of hydrogen-bond acceptors (Lipinski definition) is 3. The summed E-state index contributed by atoms with van der Waals surface area (Å²) in [5.41, 5.74) is 3.97. The lowest BCUT2D eigenvalue weighted by Crippen LogP contribution is -2.32. The summed E-state index contributed by atoms with van der Waals surface area (Å²) < 4.78 is 30.6. The van der Waals surface area contributed by atoms with Gasteiger partial charge in [0.15, 0.2) is 0 Å². The van der Waals surface area contributed by atoms with Crippen LogP contribution in [0.3, 0.4) is 0 Å². The summed E-state index contributed by atoms with van der Waals surface area (Å²) in [6, 6.07) is 2.27. The zero-order chi connectivity index (χ0) is 10.8. The second kappa shape index (κ2) is 3.57. The number of halogens is 2. The molecule has 0 aliphatic carbocycles. The normalized spacial score (nSPS) is 11.1. The third-order valence-electron chi connectivity index (χ3n) is 1.62. The topological polar surface area (TPSA) is 65.2 Å². The molecular formula is C8H8F2N2O2. The summed E-state index contributed by atoms with van der Waals surface area (Å²) in [5.74, 6) is -5.21. The highest BCUT2D eigenvalue weighted by molar-refractivity contribution is 5.82. The van der Waals surface area contributed by atoms with Crippen molar-refractivity contribution in [1.29, 1.82) is 0 Å². The number of aromatic nitrogens is 1. The summed E-state index contributed by atoms with van der Waals surface area (Å²) in [5, 5.41) is 0. The number of rotatable bonds is 3. The van der Waals surface area contributed by atoms with Crippen LogP contribution in [0.15, 0.2) is 18.3 Å². The number of ether oxygens (including phenoxy) is 1. The van der Waals surface area contributed by atoms with Crippen LogP contribution in [0.5, 0.6) is 5.88 Å². The van der Waals surface area contributed by atoms with Gasteiger partial charge in [0.1, 0.15) is 0 Å². The lowest BCUT2D eigenvalue weighted by molar-refractivity contribution is -0.143. The number of nitrogens with two attached hydrogens (primary N) is 1. The molecule has 0 radical (unpaired) electrons. The van der Waals surface area contributed by atoms with Crippen molar-refractivity contribution in [3.05, 3.63) is 23.9 Å². The monoisotopic (exact) mass is 202 g/mol. The molecule has 0 unspecified atom stereocenters. The van der Waals surface area contributed by atoms with E-state index in [0.29, 0.717) is 0 Å². The molecule has 1 heterocycles. The van der Waals surface area contributed by atoms with Crippen LogP contribution in [0.4, 0.5) is 8.78 Å². The molecule has 0 spiro atoms. The van der Waals surface area contributed by atoms with Crippen LogP contribution >= 0.6 is 0 Å². The fraction of sp³-hybridized carbons (Fsp3) is 0.250. The summed E-state index contributed by atoms with van der Waals surface area (Å²) in [6.07, 6.45) is 0.851. The number of primary amides is 1. The Hall–Kier alpha value is -1.72. The summed E-state index contributed by atoms with van der Waals surface area (Å²) in [4.78, 5) is 13.9. The van der Waals surface area contributed by atoms with E-state index in [-0.39, 0.29) is 5.88 Å². The van der Waals surface area contributed by atoms with Gasteiger partial charge >= 0.3 is 5.92 Å². The lowest BCUT2D eigenvalue weighted by Gasteiger charge is -2.11. The molecule has 14 heavy (non-hydrogen) atoms. The van der Waals surface area contributed by atoms with E-state index in [1.165, 1.54) is 13.2 Å². The number of carbonyl (C=O) groups excluding carboxylic acids is 1. The van der Waals surface area contributed by atoms with E-state index in [1.54, 1.807) is 0 Å². The minimum Gasteiger partial charge on any atom is -0.481 e. The Balaban J connectivity index is 3.02. The van der Waals surface area contributed by atoms with Gasteiger partial charge in [-0.2, -0.15) is 8.78 Å². The molecular weight excluding hydrogens is 194 g/mol. The minimum absolute atomic E-state index is 0.189. The SMILES string of the molecule is COc1ccc(C(F)(F)C(N)=O)cn1. The Labute approximate surface area is 78.7 Å².